The van der Waals surface area contributed by atoms with Gasteiger partial charge in [-0.1, -0.05) is 32.1 Å². The van der Waals surface area contributed by atoms with Gasteiger partial charge in [-0.05, 0) is 24.1 Å². The Kier molecular flexibility index (Phi) is 5.47. The largest absolute Gasteiger partial charge is 0.399 e. The van der Waals surface area contributed by atoms with Crippen LogP contribution in [-0.4, -0.2) is 21.9 Å². The molecular formula is C15H21N3OS2. The number of thioether (sulfide) groups is 1. The van der Waals surface area contributed by atoms with Crippen LogP contribution in [0.3, 0.4) is 0 Å². The molecule has 0 spiro atoms. The van der Waals surface area contributed by atoms with Crippen LogP contribution in [0, 0.1) is 5.92 Å². The number of hydrogen-bond acceptors (Lipinski definition) is 5. The molecule has 1 aromatic carbocycles. The maximum atomic E-state index is 11.9. The summed E-state index contributed by atoms with van der Waals surface area (Å²) in [7, 11) is 0. The van der Waals surface area contributed by atoms with Gasteiger partial charge in [0.25, 0.3) is 0 Å². The Morgan fingerprint density at radius 3 is 2.90 bits per heavy atom. The Morgan fingerprint density at radius 1 is 1.43 bits per heavy atom. The maximum Gasteiger partial charge on any atom is 0.226 e. The summed E-state index contributed by atoms with van der Waals surface area (Å²) in [5.74, 6) is 1.49. The predicted molar refractivity (Wildman–Crippen MR) is 94.0 cm³/mol. The van der Waals surface area contributed by atoms with Crippen molar-refractivity contribution in [2.24, 2.45) is 5.92 Å². The number of nitrogens with zero attached hydrogens (tertiary/aromatic N) is 1. The third-order valence-electron chi connectivity index (χ3n) is 3.31. The minimum absolute atomic E-state index is 0.0190. The number of benzene rings is 1. The highest BCUT2D eigenvalue weighted by atomic mass is 32.2. The molecule has 6 heteroatoms. The number of aromatic nitrogens is 1. The van der Waals surface area contributed by atoms with Crippen LogP contribution in [0.25, 0.3) is 10.2 Å². The van der Waals surface area contributed by atoms with Gasteiger partial charge in [0, 0.05) is 23.1 Å². The number of carbonyl (C=O) groups is 1. The highest BCUT2D eigenvalue weighted by molar-refractivity contribution is 7.99. The molecule has 0 bridgehead atoms. The summed E-state index contributed by atoms with van der Waals surface area (Å²) in [5.41, 5.74) is 7.32. The first kappa shape index (κ1) is 16.1. The molecule has 2 aromatic rings. The van der Waals surface area contributed by atoms with Gasteiger partial charge in [0.2, 0.25) is 5.91 Å². The van der Waals surface area contributed by atoms with E-state index in [1.807, 2.05) is 30.0 Å². The Labute approximate surface area is 133 Å². The number of amides is 1. The molecule has 1 unspecified atom stereocenters. The second kappa shape index (κ2) is 7.13. The van der Waals surface area contributed by atoms with Gasteiger partial charge in [0.05, 0.1) is 10.2 Å². The summed E-state index contributed by atoms with van der Waals surface area (Å²) >= 11 is 3.29. The van der Waals surface area contributed by atoms with Crippen LogP contribution in [0.2, 0.25) is 0 Å². The molecule has 21 heavy (non-hydrogen) atoms. The monoisotopic (exact) mass is 323 g/mol. The average Bonchev–Trinajstić information content (AvgIpc) is 2.79. The fourth-order valence-corrected chi connectivity index (χ4v) is 3.70. The van der Waals surface area contributed by atoms with Crippen molar-refractivity contribution >= 4 is 50.0 Å². The summed E-state index contributed by atoms with van der Waals surface area (Å²) < 4.78 is 0.994. The Hall–Kier alpha value is -1.27. The number of nitrogen functional groups attached to an aromatic ring is 1. The number of hydrogen-bond donors (Lipinski definition) is 2. The van der Waals surface area contributed by atoms with Crippen molar-refractivity contribution in [2.75, 3.05) is 16.8 Å². The molecule has 0 aliphatic heterocycles. The zero-order chi connectivity index (χ0) is 15.4. The van der Waals surface area contributed by atoms with Crippen LogP contribution >= 0.6 is 23.1 Å². The van der Waals surface area contributed by atoms with Gasteiger partial charge < -0.3 is 11.1 Å². The molecule has 114 valence electrons. The first-order valence-electron chi connectivity index (χ1n) is 7.03. The van der Waals surface area contributed by atoms with E-state index in [0.29, 0.717) is 28.4 Å². The van der Waals surface area contributed by atoms with Gasteiger partial charge in [-0.25, -0.2) is 4.98 Å². The van der Waals surface area contributed by atoms with Crippen molar-refractivity contribution in [2.45, 2.75) is 32.4 Å². The maximum absolute atomic E-state index is 11.9. The lowest BCUT2D eigenvalue weighted by molar-refractivity contribution is -0.115. The van der Waals surface area contributed by atoms with Gasteiger partial charge in [-0.3, -0.25) is 4.79 Å². The number of nitrogens with two attached hydrogens (primary N) is 1. The van der Waals surface area contributed by atoms with Crippen molar-refractivity contribution in [3.05, 3.63) is 18.2 Å². The smallest absolute Gasteiger partial charge is 0.226 e. The molecule has 0 aliphatic carbocycles. The standard InChI is InChI=1S/C15H21N3OS2/c1-9(2)10(3)20-7-6-14(19)18-15-17-12-5-4-11(16)8-13(12)21-15/h4-5,8-10H,6-7,16H2,1-3H3,(H,17,18,19). The lowest BCUT2D eigenvalue weighted by Crippen LogP contribution is -2.14. The SMILES string of the molecule is CC(C)C(C)SCCC(=O)Nc1nc2ccc(N)cc2s1. The Balaban J connectivity index is 1.86. The van der Waals surface area contributed by atoms with Crippen LogP contribution < -0.4 is 11.1 Å². The second-order valence-electron chi connectivity index (χ2n) is 5.36. The quantitative estimate of drug-likeness (QED) is 0.789. The Bertz CT molecular complexity index is 624. The Morgan fingerprint density at radius 2 is 2.19 bits per heavy atom. The van der Waals surface area contributed by atoms with E-state index in [1.165, 1.54) is 11.3 Å². The van der Waals surface area contributed by atoms with E-state index in [-0.39, 0.29) is 5.91 Å². The van der Waals surface area contributed by atoms with E-state index in [4.69, 9.17) is 5.73 Å². The van der Waals surface area contributed by atoms with Gasteiger partial charge in [0.15, 0.2) is 5.13 Å². The van der Waals surface area contributed by atoms with E-state index in [9.17, 15) is 4.79 Å². The summed E-state index contributed by atoms with van der Waals surface area (Å²) in [6, 6.07) is 5.57. The van der Waals surface area contributed by atoms with Gasteiger partial charge in [0.1, 0.15) is 0 Å². The van der Waals surface area contributed by atoms with Crippen LogP contribution in [0.4, 0.5) is 10.8 Å². The molecule has 1 heterocycles. The lowest BCUT2D eigenvalue weighted by Gasteiger charge is -2.14. The number of nitrogens with one attached hydrogen (secondary N) is 1. The molecule has 0 fully saturated rings. The second-order valence-corrected chi connectivity index (χ2v) is 7.88. The molecular weight excluding hydrogens is 302 g/mol. The fraction of sp³-hybridized carbons (Fsp3) is 0.467. The molecule has 2 rings (SSSR count). The zero-order valence-corrected chi connectivity index (χ0v) is 14.2. The van der Waals surface area contributed by atoms with Crippen molar-refractivity contribution in [3.8, 4) is 0 Å². The lowest BCUT2D eigenvalue weighted by atomic mass is 10.2. The average molecular weight is 323 g/mol. The first-order chi connectivity index (χ1) is 9.95. The molecule has 0 saturated carbocycles. The van der Waals surface area contributed by atoms with E-state index < -0.39 is 0 Å². The number of anilines is 2. The molecule has 0 aliphatic rings. The van der Waals surface area contributed by atoms with Crippen molar-refractivity contribution in [1.29, 1.82) is 0 Å². The highest BCUT2D eigenvalue weighted by Crippen LogP contribution is 2.27. The summed E-state index contributed by atoms with van der Waals surface area (Å²) in [4.78, 5) is 16.3. The normalized spacial score (nSPS) is 12.8. The zero-order valence-electron chi connectivity index (χ0n) is 12.6. The van der Waals surface area contributed by atoms with Gasteiger partial charge in [-0.2, -0.15) is 11.8 Å². The van der Waals surface area contributed by atoms with Crippen LogP contribution in [0.5, 0.6) is 0 Å². The third kappa shape index (κ3) is 4.61. The predicted octanol–water partition coefficient (Wildman–Crippen LogP) is 3.98. The molecule has 0 radical (unpaired) electrons. The van der Waals surface area contributed by atoms with E-state index in [1.54, 1.807) is 0 Å². The van der Waals surface area contributed by atoms with Crippen molar-refractivity contribution < 1.29 is 4.79 Å². The topological polar surface area (TPSA) is 68.0 Å². The van der Waals surface area contributed by atoms with Crippen LogP contribution in [0.1, 0.15) is 27.2 Å². The van der Waals surface area contributed by atoms with E-state index in [0.717, 1.165) is 16.0 Å². The molecule has 1 atom stereocenters. The summed E-state index contributed by atoms with van der Waals surface area (Å²) in [6.45, 7) is 6.60. The highest BCUT2D eigenvalue weighted by Gasteiger charge is 2.11. The van der Waals surface area contributed by atoms with E-state index >= 15 is 0 Å². The molecule has 4 nitrogen and oxygen atoms in total. The van der Waals surface area contributed by atoms with Crippen LogP contribution in [-0.2, 0) is 4.79 Å². The molecule has 1 aromatic heterocycles. The van der Waals surface area contributed by atoms with Gasteiger partial charge in [-0.15, -0.1) is 0 Å². The fourth-order valence-electron chi connectivity index (χ4n) is 1.71. The number of rotatable bonds is 6. The minimum Gasteiger partial charge on any atom is -0.399 e. The molecule has 3 N–H and O–H groups in total. The van der Waals surface area contributed by atoms with Crippen molar-refractivity contribution in [3.63, 3.8) is 0 Å². The number of carbonyl (C=O) groups excluding carboxylic acids is 1. The number of thiazole rings is 1. The number of fused-ring (bicyclic) bond motifs is 1. The van der Waals surface area contributed by atoms with Gasteiger partial charge >= 0.3 is 0 Å². The summed E-state index contributed by atoms with van der Waals surface area (Å²) in [5, 5.41) is 4.08. The molecule has 1 amide bonds. The summed E-state index contributed by atoms with van der Waals surface area (Å²) in [6.07, 6.45) is 0.514. The third-order valence-corrected chi connectivity index (χ3v) is 5.75. The van der Waals surface area contributed by atoms with E-state index in [2.05, 4.69) is 31.1 Å². The van der Waals surface area contributed by atoms with Crippen molar-refractivity contribution in [1.82, 2.24) is 4.98 Å². The minimum atomic E-state index is 0.0190. The first-order valence-corrected chi connectivity index (χ1v) is 8.89. The van der Waals surface area contributed by atoms with Crippen LogP contribution in [0.15, 0.2) is 18.2 Å². The molecule has 0 saturated heterocycles.